The third kappa shape index (κ3) is 5.26. The summed E-state index contributed by atoms with van der Waals surface area (Å²) in [7, 11) is 1.89. The predicted octanol–water partition coefficient (Wildman–Crippen LogP) is 2.61. The number of nitrogens with zero attached hydrogens (tertiary/aromatic N) is 7. The van der Waals surface area contributed by atoms with Crippen LogP contribution >= 0.6 is 0 Å². The number of hydrazone groups is 1. The maximum Gasteiger partial charge on any atom is 0.293 e. The zero-order chi connectivity index (χ0) is 23.9. The van der Waals surface area contributed by atoms with Crippen molar-refractivity contribution in [1.29, 1.82) is 0 Å². The fraction of sp³-hybridized carbons (Fsp3) is 0.217. The van der Waals surface area contributed by atoms with Crippen molar-refractivity contribution in [3.63, 3.8) is 0 Å². The Hall–Kier alpha value is -4.54. The maximum absolute atomic E-state index is 13.0. The van der Waals surface area contributed by atoms with E-state index in [0.717, 1.165) is 17.8 Å². The molecule has 0 spiro atoms. The van der Waals surface area contributed by atoms with E-state index in [1.165, 1.54) is 10.2 Å². The molecule has 2 heterocycles. The Labute approximate surface area is 196 Å². The number of para-hydroxylation sites is 1. The van der Waals surface area contributed by atoms with E-state index in [1.54, 1.807) is 0 Å². The normalized spacial score (nSPS) is 11.4. The average molecular weight is 460 g/mol. The number of nitrogen functional groups attached to an aromatic ring is 1. The minimum absolute atomic E-state index is 0.0373. The molecule has 0 aliphatic heterocycles. The molecule has 2 aromatic carbocycles. The fourth-order valence-electron chi connectivity index (χ4n) is 3.35. The van der Waals surface area contributed by atoms with E-state index in [9.17, 15) is 4.79 Å². The van der Waals surface area contributed by atoms with Crippen molar-refractivity contribution in [2.24, 2.45) is 5.10 Å². The molecule has 3 N–H and O–H groups in total. The van der Waals surface area contributed by atoms with Crippen LogP contribution in [0.15, 0.2) is 70.4 Å². The first-order valence-electron chi connectivity index (χ1n) is 10.7. The summed E-state index contributed by atoms with van der Waals surface area (Å²) in [6.07, 6.45) is 1.54. The van der Waals surface area contributed by atoms with Gasteiger partial charge in [0.25, 0.3) is 5.91 Å². The first kappa shape index (κ1) is 22.6. The van der Waals surface area contributed by atoms with Gasteiger partial charge in [0.15, 0.2) is 5.69 Å². The number of nitrogens with one attached hydrogen (secondary N) is 1. The van der Waals surface area contributed by atoms with Crippen molar-refractivity contribution in [2.45, 2.75) is 26.3 Å². The fourth-order valence-corrected chi connectivity index (χ4v) is 3.35. The number of rotatable bonds is 9. The molecule has 0 bridgehead atoms. The maximum atomic E-state index is 13.0. The molecule has 11 nitrogen and oxygen atoms in total. The number of benzene rings is 2. The third-order valence-electron chi connectivity index (χ3n) is 5.22. The summed E-state index contributed by atoms with van der Waals surface area (Å²) >= 11 is 0. The quantitative estimate of drug-likeness (QED) is 0.287. The van der Waals surface area contributed by atoms with Crippen molar-refractivity contribution >= 4 is 23.1 Å². The number of hydrogen-bond acceptors (Lipinski definition) is 9. The first-order chi connectivity index (χ1) is 16.5. The van der Waals surface area contributed by atoms with E-state index in [0.29, 0.717) is 18.7 Å². The Kier molecular flexibility index (Phi) is 6.92. The number of aromatic nitrogens is 5. The van der Waals surface area contributed by atoms with Gasteiger partial charge in [0, 0.05) is 18.4 Å². The molecule has 0 aliphatic rings. The topological polar surface area (TPSA) is 140 Å². The van der Waals surface area contributed by atoms with Gasteiger partial charge in [0.05, 0.1) is 12.2 Å². The van der Waals surface area contributed by atoms with Crippen LogP contribution in [0.25, 0.3) is 5.82 Å². The van der Waals surface area contributed by atoms with Crippen molar-refractivity contribution in [3.8, 4) is 5.82 Å². The van der Waals surface area contributed by atoms with Gasteiger partial charge in [0.2, 0.25) is 11.6 Å². The lowest BCUT2D eigenvalue weighted by atomic mass is 10.1. The number of anilines is 2. The SMILES string of the molecule is C/C(CCc1ccccc1)=N/NC(=O)c1nnn(-c2nonc2N)c1CN(C)c1ccccc1. The van der Waals surface area contributed by atoms with E-state index < -0.39 is 5.91 Å². The molecule has 0 fully saturated rings. The average Bonchev–Trinajstić information content (AvgIpc) is 3.48. The molecule has 0 saturated heterocycles. The van der Waals surface area contributed by atoms with Gasteiger partial charge in [-0.25, -0.2) is 10.1 Å². The van der Waals surface area contributed by atoms with E-state index in [1.807, 2.05) is 67.4 Å². The van der Waals surface area contributed by atoms with Crippen molar-refractivity contribution in [1.82, 2.24) is 30.7 Å². The van der Waals surface area contributed by atoms with Crippen LogP contribution in [0.3, 0.4) is 0 Å². The first-order valence-corrected chi connectivity index (χ1v) is 10.7. The van der Waals surface area contributed by atoms with Crippen molar-refractivity contribution < 1.29 is 9.42 Å². The minimum atomic E-state index is -0.489. The number of carbonyl (C=O) groups excluding carboxylic acids is 1. The monoisotopic (exact) mass is 459 g/mol. The Balaban J connectivity index is 1.54. The molecule has 4 aromatic rings. The van der Waals surface area contributed by atoms with Crippen LogP contribution in [0.5, 0.6) is 0 Å². The second kappa shape index (κ2) is 10.4. The highest BCUT2D eigenvalue weighted by molar-refractivity contribution is 5.94. The third-order valence-corrected chi connectivity index (χ3v) is 5.22. The molecule has 4 rings (SSSR count). The molecule has 2 aromatic heterocycles. The highest BCUT2D eigenvalue weighted by Gasteiger charge is 2.25. The van der Waals surface area contributed by atoms with Crippen molar-refractivity contribution in [2.75, 3.05) is 17.7 Å². The number of carbonyl (C=O) groups is 1. The van der Waals surface area contributed by atoms with Crippen LogP contribution < -0.4 is 16.1 Å². The predicted molar refractivity (Wildman–Crippen MR) is 128 cm³/mol. The molecule has 1 amide bonds. The molecule has 0 aliphatic carbocycles. The Bertz CT molecular complexity index is 1270. The van der Waals surface area contributed by atoms with Gasteiger partial charge in [-0.15, -0.1) is 5.10 Å². The van der Waals surface area contributed by atoms with Gasteiger partial charge < -0.3 is 10.6 Å². The lowest BCUT2D eigenvalue weighted by Gasteiger charge is -2.19. The summed E-state index contributed by atoms with van der Waals surface area (Å²) < 4.78 is 6.06. The second-order valence-electron chi connectivity index (χ2n) is 7.73. The number of amides is 1. The Morgan fingerprint density at radius 2 is 1.82 bits per heavy atom. The van der Waals surface area contributed by atoms with E-state index >= 15 is 0 Å². The van der Waals surface area contributed by atoms with Gasteiger partial charge in [0.1, 0.15) is 0 Å². The van der Waals surface area contributed by atoms with Crippen LogP contribution in [0.1, 0.15) is 35.1 Å². The standard InChI is InChI=1S/C23H25N9O2/c1-16(13-14-17-9-5-3-6-10-17)25-27-23(33)20-19(15-31(2)18-11-7-4-8-12-18)32(30-26-20)22-21(24)28-34-29-22/h3-12H,13-15H2,1-2H3,(H2,24,28)(H,27,33)/b25-16-. The summed E-state index contributed by atoms with van der Waals surface area (Å²) in [5.74, 6) is -0.294. The smallest absolute Gasteiger partial charge is 0.293 e. The van der Waals surface area contributed by atoms with Gasteiger partial charge in [-0.3, -0.25) is 4.79 Å². The molecule has 34 heavy (non-hydrogen) atoms. The zero-order valence-electron chi connectivity index (χ0n) is 18.9. The molecular formula is C23H25N9O2. The lowest BCUT2D eigenvalue weighted by molar-refractivity contribution is 0.0948. The van der Waals surface area contributed by atoms with Crippen LogP contribution in [0.2, 0.25) is 0 Å². The molecule has 174 valence electrons. The van der Waals surface area contributed by atoms with Gasteiger partial charge >= 0.3 is 0 Å². The lowest BCUT2D eigenvalue weighted by Crippen LogP contribution is -2.25. The van der Waals surface area contributed by atoms with E-state index in [2.05, 4.69) is 43.3 Å². The molecule has 0 atom stereocenters. The summed E-state index contributed by atoms with van der Waals surface area (Å²) in [4.78, 5) is 14.9. The summed E-state index contributed by atoms with van der Waals surface area (Å²) in [5, 5.41) is 19.8. The van der Waals surface area contributed by atoms with Crippen LogP contribution in [0, 0.1) is 0 Å². The molecule has 0 radical (unpaired) electrons. The molecular weight excluding hydrogens is 434 g/mol. The van der Waals surface area contributed by atoms with Gasteiger partial charge in [-0.2, -0.15) is 9.78 Å². The Morgan fingerprint density at radius 3 is 2.50 bits per heavy atom. The highest BCUT2D eigenvalue weighted by atomic mass is 16.6. The second-order valence-corrected chi connectivity index (χ2v) is 7.73. The van der Waals surface area contributed by atoms with Crippen LogP contribution in [-0.4, -0.2) is 44.0 Å². The highest BCUT2D eigenvalue weighted by Crippen LogP contribution is 2.20. The number of nitrogens with two attached hydrogens (primary N) is 1. The van der Waals surface area contributed by atoms with E-state index in [4.69, 9.17) is 10.4 Å². The summed E-state index contributed by atoms with van der Waals surface area (Å²) in [6.45, 7) is 2.16. The molecule has 11 heteroatoms. The molecule has 0 saturated carbocycles. The Morgan fingerprint density at radius 1 is 1.12 bits per heavy atom. The van der Waals surface area contributed by atoms with Gasteiger partial charge in [-0.05, 0) is 47.8 Å². The van der Waals surface area contributed by atoms with Crippen LogP contribution in [0.4, 0.5) is 11.5 Å². The number of aryl methyl sites for hydroxylation is 1. The van der Waals surface area contributed by atoms with E-state index in [-0.39, 0.29) is 17.3 Å². The van der Waals surface area contributed by atoms with Crippen LogP contribution in [-0.2, 0) is 13.0 Å². The van der Waals surface area contributed by atoms with Gasteiger partial charge in [-0.1, -0.05) is 53.7 Å². The minimum Gasteiger partial charge on any atom is -0.378 e. The zero-order valence-corrected chi connectivity index (χ0v) is 18.9. The van der Waals surface area contributed by atoms with Crippen molar-refractivity contribution in [3.05, 3.63) is 77.6 Å². The summed E-state index contributed by atoms with van der Waals surface area (Å²) in [6, 6.07) is 19.8. The number of hydrogen-bond donors (Lipinski definition) is 2. The largest absolute Gasteiger partial charge is 0.378 e. The molecule has 0 unspecified atom stereocenters. The summed E-state index contributed by atoms with van der Waals surface area (Å²) in [5.41, 5.74) is 11.9.